The molecule has 1 saturated heterocycles. The van der Waals surface area contributed by atoms with E-state index in [-0.39, 0.29) is 11.9 Å². The summed E-state index contributed by atoms with van der Waals surface area (Å²) in [4.78, 5) is 32.4. The highest BCUT2D eigenvalue weighted by Crippen LogP contribution is 2.42. The zero-order valence-corrected chi connectivity index (χ0v) is 22.7. The summed E-state index contributed by atoms with van der Waals surface area (Å²) in [5, 5.41) is 2.11. The average molecular weight is 536 g/mol. The zero-order chi connectivity index (χ0) is 27.5. The van der Waals surface area contributed by atoms with Crippen LogP contribution in [0.4, 0.5) is 11.4 Å². The Hall–Kier alpha value is -4.36. The minimum Gasteiger partial charge on any atom is -0.497 e. The lowest BCUT2D eigenvalue weighted by Gasteiger charge is -2.26. The van der Waals surface area contributed by atoms with Gasteiger partial charge in [-0.1, -0.05) is 54.6 Å². The normalized spacial score (nSPS) is 15.4. The van der Waals surface area contributed by atoms with Crippen LogP contribution in [0.1, 0.15) is 27.9 Å². The molecule has 0 unspecified atom stereocenters. The second-order valence-electron chi connectivity index (χ2n) is 10.3. The van der Waals surface area contributed by atoms with E-state index in [1.54, 1.807) is 7.11 Å². The summed E-state index contributed by atoms with van der Waals surface area (Å²) in [7, 11) is 1.65. The third kappa shape index (κ3) is 5.25. The van der Waals surface area contributed by atoms with Crippen molar-refractivity contribution in [3.8, 4) is 5.75 Å². The van der Waals surface area contributed by atoms with Crippen LogP contribution in [0.5, 0.6) is 5.75 Å². The molecule has 7 heteroatoms. The third-order valence-corrected chi connectivity index (χ3v) is 7.79. The van der Waals surface area contributed by atoms with Gasteiger partial charge in [-0.25, -0.2) is 0 Å². The first kappa shape index (κ1) is 25.9. The second kappa shape index (κ2) is 11.4. The molecule has 0 aromatic heterocycles. The van der Waals surface area contributed by atoms with Gasteiger partial charge in [-0.15, -0.1) is 0 Å². The molecule has 7 nitrogen and oxygen atoms in total. The van der Waals surface area contributed by atoms with Gasteiger partial charge in [-0.3, -0.25) is 14.5 Å². The van der Waals surface area contributed by atoms with Gasteiger partial charge < -0.3 is 19.3 Å². The highest BCUT2D eigenvalue weighted by molar-refractivity contribution is 6.26. The van der Waals surface area contributed by atoms with Crippen LogP contribution < -0.4 is 14.5 Å². The van der Waals surface area contributed by atoms with Gasteiger partial charge in [0, 0.05) is 48.2 Å². The lowest BCUT2D eigenvalue weighted by Crippen LogP contribution is -2.35. The summed E-state index contributed by atoms with van der Waals surface area (Å²) >= 11 is 0. The van der Waals surface area contributed by atoms with Crippen molar-refractivity contribution >= 4 is 34.0 Å². The number of amides is 1. The molecular formula is C33H33N3O4. The zero-order valence-electron chi connectivity index (χ0n) is 22.7. The maximum atomic E-state index is 13.5. The smallest absolute Gasteiger partial charge is 0.320 e. The van der Waals surface area contributed by atoms with Crippen molar-refractivity contribution in [3.63, 3.8) is 0 Å². The number of anilines is 2. The predicted molar refractivity (Wildman–Crippen MR) is 157 cm³/mol. The summed E-state index contributed by atoms with van der Waals surface area (Å²) in [5.41, 5.74) is 4.88. The van der Waals surface area contributed by atoms with Crippen LogP contribution in [-0.4, -0.2) is 56.6 Å². The summed E-state index contributed by atoms with van der Waals surface area (Å²) in [5.74, 6) is 0.634. The van der Waals surface area contributed by atoms with Gasteiger partial charge in [0.2, 0.25) is 0 Å². The molecule has 2 aliphatic rings. The molecule has 0 N–H and O–H groups in total. The fourth-order valence-corrected chi connectivity index (χ4v) is 5.71. The van der Waals surface area contributed by atoms with E-state index in [1.165, 1.54) is 0 Å². The quantitative estimate of drug-likeness (QED) is 0.287. The van der Waals surface area contributed by atoms with Crippen LogP contribution in [0.2, 0.25) is 0 Å². The standard InChI is InChI=1S/C33H33N3O4/c1-39-26-13-11-24(12-14-26)21-36-30-16-15-29(27-9-5-10-28(32(27)30)33(36)38)35-18-6-17-34(19-20-35)22-31(37)40-23-25-7-3-2-4-8-25/h2-5,7-16H,6,17-23H2,1H3. The monoisotopic (exact) mass is 535 g/mol. The van der Waals surface area contributed by atoms with Crippen molar-refractivity contribution in [1.82, 2.24) is 4.90 Å². The minimum atomic E-state index is -0.196. The molecule has 6 rings (SSSR count). The summed E-state index contributed by atoms with van der Waals surface area (Å²) in [6.45, 7) is 4.39. The number of hydrogen-bond donors (Lipinski definition) is 0. The Balaban J connectivity index is 1.15. The minimum absolute atomic E-state index is 0.0321. The number of carbonyl (C=O) groups is 2. The number of rotatable bonds is 8. The molecule has 4 aromatic carbocycles. The number of hydrogen-bond acceptors (Lipinski definition) is 6. The Kier molecular flexibility index (Phi) is 7.38. The number of benzene rings is 4. The molecule has 2 heterocycles. The lowest BCUT2D eigenvalue weighted by molar-refractivity contribution is -0.146. The Morgan fingerprint density at radius 2 is 1.60 bits per heavy atom. The van der Waals surface area contributed by atoms with Crippen LogP contribution in [-0.2, 0) is 22.7 Å². The van der Waals surface area contributed by atoms with Gasteiger partial charge >= 0.3 is 5.97 Å². The van der Waals surface area contributed by atoms with Crippen molar-refractivity contribution in [1.29, 1.82) is 0 Å². The molecule has 40 heavy (non-hydrogen) atoms. The number of methoxy groups -OCH3 is 1. The first-order valence-electron chi connectivity index (χ1n) is 13.8. The highest BCUT2D eigenvalue weighted by Gasteiger charge is 2.31. The van der Waals surface area contributed by atoms with E-state index in [9.17, 15) is 9.59 Å². The van der Waals surface area contributed by atoms with E-state index in [1.807, 2.05) is 71.6 Å². The molecule has 4 aromatic rings. The summed E-state index contributed by atoms with van der Waals surface area (Å²) in [6, 6.07) is 27.9. The van der Waals surface area contributed by atoms with Gasteiger partial charge in [0.25, 0.3) is 5.91 Å². The number of carbonyl (C=O) groups excluding carboxylic acids is 2. The Bertz CT molecular complexity index is 1520. The maximum Gasteiger partial charge on any atom is 0.320 e. The maximum absolute atomic E-state index is 13.5. The van der Waals surface area contributed by atoms with E-state index >= 15 is 0 Å². The molecule has 2 aliphatic heterocycles. The number of esters is 1. The highest BCUT2D eigenvalue weighted by atomic mass is 16.5. The second-order valence-corrected chi connectivity index (χ2v) is 10.3. The summed E-state index contributed by atoms with van der Waals surface area (Å²) < 4.78 is 10.8. The number of ether oxygens (including phenoxy) is 2. The van der Waals surface area contributed by atoms with Gasteiger partial charge in [-0.2, -0.15) is 0 Å². The van der Waals surface area contributed by atoms with Crippen LogP contribution in [0.25, 0.3) is 10.8 Å². The Morgan fingerprint density at radius 3 is 2.40 bits per heavy atom. The van der Waals surface area contributed by atoms with Crippen molar-refractivity contribution in [2.45, 2.75) is 19.6 Å². The molecule has 0 aliphatic carbocycles. The average Bonchev–Trinajstić information content (AvgIpc) is 3.12. The van der Waals surface area contributed by atoms with Crippen LogP contribution in [0.15, 0.2) is 84.9 Å². The van der Waals surface area contributed by atoms with Crippen molar-refractivity contribution in [3.05, 3.63) is 102 Å². The number of nitrogens with zero attached hydrogens (tertiary/aromatic N) is 3. The largest absolute Gasteiger partial charge is 0.497 e. The Labute approximate surface area is 234 Å². The SMILES string of the molecule is COc1ccc(CN2C(=O)c3cccc4c(N5CCCN(CC(=O)OCc6ccccc6)CC5)ccc2c34)cc1. The van der Waals surface area contributed by atoms with Gasteiger partial charge in [0.15, 0.2) is 0 Å². The summed E-state index contributed by atoms with van der Waals surface area (Å²) in [6.07, 6.45) is 0.942. The lowest BCUT2D eigenvalue weighted by atomic mass is 10.0. The van der Waals surface area contributed by atoms with Crippen LogP contribution in [0, 0.1) is 0 Å². The van der Waals surface area contributed by atoms with Crippen LogP contribution >= 0.6 is 0 Å². The Morgan fingerprint density at radius 1 is 0.800 bits per heavy atom. The van der Waals surface area contributed by atoms with Crippen LogP contribution in [0.3, 0.4) is 0 Å². The van der Waals surface area contributed by atoms with Crippen molar-refractivity contribution in [2.24, 2.45) is 0 Å². The fraction of sp³-hybridized carbons (Fsp3) is 0.273. The molecule has 1 amide bonds. The molecule has 0 bridgehead atoms. The molecule has 0 saturated carbocycles. The fourth-order valence-electron chi connectivity index (χ4n) is 5.71. The van der Waals surface area contributed by atoms with E-state index in [4.69, 9.17) is 9.47 Å². The van der Waals surface area contributed by atoms with E-state index in [0.717, 1.165) is 77.2 Å². The van der Waals surface area contributed by atoms with E-state index in [0.29, 0.717) is 19.7 Å². The first-order valence-corrected chi connectivity index (χ1v) is 13.8. The van der Waals surface area contributed by atoms with Crippen molar-refractivity contribution in [2.75, 3.05) is 49.6 Å². The first-order chi connectivity index (χ1) is 19.6. The molecule has 204 valence electrons. The van der Waals surface area contributed by atoms with Gasteiger partial charge in [-0.05, 0) is 47.9 Å². The third-order valence-electron chi connectivity index (χ3n) is 7.79. The van der Waals surface area contributed by atoms with Gasteiger partial charge in [0.1, 0.15) is 12.4 Å². The molecule has 0 atom stereocenters. The van der Waals surface area contributed by atoms with E-state index < -0.39 is 0 Å². The van der Waals surface area contributed by atoms with E-state index in [2.05, 4.69) is 28.0 Å². The van der Waals surface area contributed by atoms with Gasteiger partial charge in [0.05, 0.1) is 25.9 Å². The molecule has 0 spiro atoms. The molecule has 1 fully saturated rings. The molecular weight excluding hydrogens is 502 g/mol. The van der Waals surface area contributed by atoms with Crippen molar-refractivity contribution < 1.29 is 19.1 Å². The molecule has 0 radical (unpaired) electrons. The topological polar surface area (TPSA) is 62.3 Å². The predicted octanol–water partition coefficient (Wildman–Crippen LogP) is 5.26.